The fraction of sp³-hybridized carbons (Fsp3) is 0.0370. The maximum atomic E-state index is 12.3. The number of rotatable bonds is 9. The second-order valence-corrected chi connectivity index (χ2v) is 16.0. The number of nitrogens with one attached hydrogen (secondary N) is 1. The van der Waals surface area contributed by atoms with Crippen LogP contribution in [0.4, 0.5) is 28.4 Å². The molecular formula is C27H21N5O12S4. The minimum absolute atomic E-state index is 0.0168. The van der Waals surface area contributed by atoms with E-state index in [-0.39, 0.29) is 49.2 Å². The first-order chi connectivity index (χ1) is 22.2. The van der Waals surface area contributed by atoms with E-state index in [2.05, 4.69) is 25.2 Å². The summed E-state index contributed by atoms with van der Waals surface area (Å²) in [7, 11) is -17.9. The SMILES string of the molecule is CS(=O)(=O)Nc1ccc2c(O)c(N=Nc3ccc(N=Nc4ccc(S(=O)(=O)O)cc4)c4cc(S(=O)(=O)O)ccc34)c(S(=O)(=O)O)cc2c1. The molecule has 5 aromatic rings. The van der Waals surface area contributed by atoms with E-state index in [9.17, 15) is 47.9 Å². The first-order valence-electron chi connectivity index (χ1n) is 12.9. The fourth-order valence-electron chi connectivity index (χ4n) is 4.45. The normalized spacial score (nSPS) is 13.2. The lowest BCUT2D eigenvalue weighted by atomic mass is 10.1. The van der Waals surface area contributed by atoms with Gasteiger partial charge in [0.2, 0.25) is 10.0 Å². The molecule has 5 N–H and O–H groups in total. The minimum atomic E-state index is -5.04. The molecule has 48 heavy (non-hydrogen) atoms. The predicted octanol–water partition coefficient (Wildman–Crippen LogP) is 5.64. The topological polar surface area (TPSA) is 279 Å². The average Bonchev–Trinajstić information content (AvgIpc) is 2.97. The van der Waals surface area contributed by atoms with Gasteiger partial charge in [-0.25, -0.2) is 8.42 Å². The Morgan fingerprint density at radius 2 is 1.12 bits per heavy atom. The Labute approximate surface area is 272 Å². The molecule has 5 aromatic carbocycles. The number of phenols is 1. The summed E-state index contributed by atoms with van der Waals surface area (Å²) < 4.78 is 125. The molecule has 0 aliphatic heterocycles. The highest BCUT2D eigenvalue weighted by Gasteiger charge is 2.23. The summed E-state index contributed by atoms with van der Waals surface area (Å²) in [6.07, 6.45) is 0.901. The molecule has 5 rings (SSSR count). The number of fused-ring (bicyclic) bond motifs is 2. The molecule has 0 spiro atoms. The third kappa shape index (κ3) is 7.62. The minimum Gasteiger partial charge on any atom is -0.505 e. The number of azo groups is 2. The number of aromatic hydroxyl groups is 1. The summed E-state index contributed by atoms with van der Waals surface area (Å²) in [5.41, 5.74) is -0.457. The van der Waals surface area contributed by atoms with E-state index in [1.165, 1.54) is 48.5 Å². The van der Waals surface area contributed by atoms with Crippen LogP contribution in [0.25, 0.3) is 21.5 Å². The molecule has 0 saturated heterocycles. The van der Waals surface area contributed by atoms with Gasteiger partial charge in [0, 0.05) is 21.8 Å². The molecular weight excluding hydrogens is 715 g/mol. The van der Waals surface area contributed by atoms with Crippen LogP contribution in [0.2, 0.25) is 0 Å². The van der Waals surface area contributed by atoms with Crippen molar-refractivity contribution in [3.05, 3.63) is 78.9 Å². The van der Waals surface area contributed by atoms with Gasteiger partial charge < -0.3 is 5.11 Å². The van der Waals surface area contributed by atoms with E-state index in [1.807, 2.05) is 0 Å². The van der Waals surface area contributed by atoms with E-state index in [0.29, 0.717) is 0 Å². The standard InChI is InChI=1S/C27H21N5O12S4/c1-45(34,35)32-17-4-8-20-15(12-17)13-25(48(42,43)44)26(27(20)33)31-30-23-10-11-24(22-14-19(47(39,40)41)7-9-21(22)23)29-28-16-2-5-18(6-3-16)46(36,37)38/h2-14,32-33H,1H3,(H,36,37,38)(H,39,40,41)(H,42,43,44). The molecule has 0 aliphatic rings. The molecule has 0 fully saturated rings. The lowest BCUT2D eigenvalue weighted by Gasteiger charge is -2.11. The molecule has 250 valence electrons. The van der Waals surface area contributed by atoms with Crippen LogP contribution in [0.15, 0.2) is 114 Å². The Bertz CT molecular complexity index is 2640. The second-order valence-electron chi connectivity index (χ2n) is 10.0. The van der Waals surface area contributed by atoms with Crippen LogP contribution >= 0.6 is 0 Å². The van der Waals surface area contributed by atoms with Crippen molar-refractivity contribution in [1.82, 2.24) is 0 Å². The highest BCUT2D eigenvalue weighted by atomic mass is 32.2. The van der Waals surface area contributed by atoms with Crippen LogP contribution < -0.4 is 4.72 Å². The van der Waals surface area contributed by atoms with Gasteiger partial charge in [0.25, 0.3) is 30.4 Å². The molecule has 17 nitrogen and oxygen atoms in total. The Hall–Kier alpha value is -4.90. The zero-order valence-corrected chi connectivity index (χ0v) is 27.2. The number of hydrogen-bond acceptors (Lipinski definition) is 13. The predicted molar refractivity (Wildman–Crippen MR) is 172 cm³/mol. The van der Waals surface area contributed by atoms with Gasteiger partial charge in [-0.05, 0) is 78.2 Å². The maximum Gasteiger partial charge on any atom is 0.296 e. The number of nitrogens with zero attached hydrogens (tertiary/aromatic N) is 4. The molecule has 0 saturated carbocycles. The average molecular weight is 736 g/mol. The van der Waals surface area contributed by atoms with Crippen LogP contribution in [0, 0.1) is 0 Å². The Morgan fingerprint density at radius 1 is 0.562 bits per heavy atom. The van der Waals surface area contributed by atoms with Crippen molar-refractivity contribution >= 4 is 90.4 Å². The first-order valence-corrected chi connectivity index (χ1v) is 19.1. The van der Waals surface area contributed by atoms with Crippen molar-refractivity contribution in [2.45, 2.75) is 14.7 Å². The Kier molecular flexibility index (Phi) is 8.81. The third-order valence-corrected chi connectivity index (χ3v) is 9.73. The van der Waals surface area contributed by atoms with E-state index < -0.39 is 61.6 Å². The zero-order chi connectivity index (χ0) is 35.2. The van der Waals surface area contributed by atoms with Crippen LogP contribution in [0.5, 0.6) is 5.75 Å². The fourth-order valence-corrected chi connectivity index (χ4v) is 6.65. The van der Waals surface area contributed by atoms with Crippen molar-refractivity contribution in [2.24, 2.45) is 20.5 Å². The van der Waals surface area contributed by atoms with Crippen LogP contribution in [-0.2, 0) is 40.4 Å². The Balaban J connectivity index is 1.63. The maximum absolute atomic E-state index is 12.3. The lowest BCUT2D eigenvalue weighted by Crippen LogP contribution is -2.09. The van der Waals surface area contributed by atoms with E-state index in [4.69, 9.17) is 4.55 Å². The van der Waals surface area contributed by atoms with Crippen molar-refractivity contribution < 1.29 is 52.4 Å². The number of hydrogen-bond donors (Lipinski definition) is 5. The van der Waals surface area contributed by atoms with Crippen molar-refractivity contribution in [3.63, 3.8) is 0 Å². The zero-order valence-electron chi connectivity index (χ0n) is 24.0. The van der Waals surface area contributed by atoms with Gasteiger partial charge in [-0.3, -0.25) is 18.4 Å². The largest absolute Gasteiger partial charge is 0.505 e. The van der Waals surface area contributed by atoms with Crippen molar-refractivity contribution in [1.29, 1.82) is 0 Å². The number of anilines is 1. The second kappa shape index (κ2) is 12.3. The van der Waals surface area contributed by atoms with Gasteiger partial charge >= 0.3 is 0 Å². The third-order valence-electron chi connectivity index (χ3n) is 6.54. The highest BCUT2D eigenvalue weighted by Crippen LogP contribution is 2.43. The first kappa shape index (κ1) is 34.4. The van der Waals surface area contributed by atoms with Crippen LogP contribution in [-0.4, -0.2) is 58.7 Å². The lowest BCUT2D eigenvalue weighted by molar-refractivity contribution is 0.472. The summed E-state index contributed by atoms with van der Waals surface area (Å²) >= 11 is 0. The summed E-state index contributed by atoms with van der Waals surface area (Å²) in [6.45, 7) is 0. The number of sulfonamides is 1. The van der Waals surface area contributed by atoms with Crippen molar-refractivity contribution in [2.75, 3.05) is 11.0 Å². The quantitative estimate of drug-likeness (QED) is 0.0908. The summed E-state index contributed by atoms with van der Waals surface area (Å²) in [4.78, 5) is -1.78. The number of benzene rings is 5. The molecule has 0 atom stereocenters. The number of phenolic OH excluding ortho intramolecular Hbond substituents is 1. The summed E-state index contributed by atoms with van der Waals surface area (Å²) in [6, 6.07) is 15.4. The molecule has 0 aromatic heterocycles. The molecule has 21 heteroatoms. The van der Waals surface area contributed by atoms with Gasteiger partial charge in [-0.15, -0.1) is 15.3 Å². The van der Waals surface area contributed by atoms with Gasteiger partial charge in [-0.2, -0.15) is 30.4 Å². The van der Waals surface area contributed by atoms with E-state index in [1.54, 1.807) is 0 Å². The molecule has 0 aliphatic carbocycles. The molecule has 0 amide bonds. The summed E-state index contributed by atoms with van der Waals surface area (Å²) in [5.74, 6) is -0.724. The van der Waals surface area contributed by atoms with Crippen LogP contribution in [0.3, 0.4) is 0 Å². The van der Waals surface area contributed by atoms with Gasteiger partial charge in [0.1, 0.15) is 10.6 Å². The van der Waals surface area contributed by atoms with Crippen molar-refractivity contribution in [3.8, 4) is 5.75 Å². The highest BCUT2D eigenvalue weighted by molar-refractivity contribution is 7.92. The van der Waals surface area contributed by atoms with Gasteiger partial charge in [0.15, 0.2) is 5.75 Å². The van der Waals surface area contributed by atoms with Crippen LogP contribution in [0.1, 0.15) is 0 Å². The smallest absolute Gasteiger partial charge is 0.296 e. The summed E-state index contributed by atoms with van der Waals surface area (Å²) in [5, 5.41) is 27.2. The van der Waals surface area contributed by atoms with E-state index in [0.717, 1.165) is 36.6 Å². The molecule has 0 heterocycles. The van der Waals surface area contributed by atoms with Gasteiger partial charge in [0.05, 0.1) is 33.1 Å². The monoisotopic (exact) mass is 735 g/mol. The Morgan fingerprint density at radius 3 is 1.71 bits per heavy atom. The van der Waals surface area contributed by atoms with E-state index >= 15 is 0 Å². The van der Waals surface area contributed by atoms with Gasteiger partial charge in [-0.1, -0.05) is 6.07 Å². The molecule has 0 radical (unpaired) electrons. The molecule has 0 unspecified atom stereocenters. The molecule has 0 bridgehead atoms.